The molecule has 0 aliphatic rings. The van der Waals surface area contributed by atoms with E-state index in [2.05, 4.69) is 12.1 Å². The molecule has 0 spiro atoms. The zero-order valence-corrected chi connectivity index (χ0v) is 8.41. The highest BCUT2D eigenvalue weighted by Gasteiger charge is 2.23. The molecule has 1 atom stereocenters. The fraction of sp³-hybridized carbons (Fsp3) is 0.333. The van der Waals surface area contributed by atoms with Crippen LogP contribution in [0.2, 0.25) is 0 Å². The van der Waals surface area contributed by atoms with Gasteiger partial charge >= 0.3 is 0 Å². The first-order valence-electron chi connectivity index (χ1n) is 4.58. The molecule has 1 aromatic rings. The fourth-order valence-corrected chi connectivity index (χ4v) is 1.26. The highest BCUT2D eigenvalue weighted by Crippen LogP contribution is 2.26. The molecule has 1 unspecified atom stereocenters. The predicted molar refractivity (Wildman–Crippen MR) is 54.4 cm³/mol. The van der Waals surface area contributed by atoms with Crippen LogP contribution in [0.1, 0.15) is 31.4 Å². The molecule has 0 bridgehead atoms. The van der Waals surface area contributed by atoms with E-state index in [1.807, 2.05) is 26.0 Å². The lowest BCUT2D eigenvalue weighted by Crippen LogP contribution is -2.17. The minimum atomic E-state index is -0.437. The maximum atomic E-state index is 9.05. The zero-order valence-electron chi connectivity index (χ0n) is 8.41. The molecule has 0 saturated heterocycles. The van der Waals surface area contributed by atoms with Gasteiger partial charge in [0.15, 0.2) is 0 Å². The molecular formula is C12H12N2. The quantitative estimate of drug-likeness (QED) is 0.709. The molecular weight excluding hydrogens is 172 g/mol. The van der Waals surface area contributed by atoms with Gasteiger partial charge in [-0.3, -0.25) is 0 Å². The Hall–Kier alpha value is -1.80. The Balaban J connectivity index is 3.11. The molecule has 14 heavy (non-hydrogen) atoms. The normalized spacial score (nSPS) is 13.7. The van der Waals surface area contributed by atoms with Gasteiger partial charge in [0.05, 0.1) is 23.1 Å². The second kappa shape index (κ2) is 3.94. The van der Waals surface area contributed by atoms with Crippen molar-refractivity contribution in [3.05, 3.63) is 35.4 Å². The number of hydrogen-bond acceptors (Lipinski definition) is 2. The molecule has 0 N–H and O–H groups in total. The lowest BCUT2D eigenvalue weighted by Gasteiger charge is -2.19. The minimum absolute atomic E-state index is 0.437. The second-order valence-electron chi connectivity index (χ2n) is 3.49. The van der Waals surface area contributed by atoms with E-state index in [-0.39, 0.29) is 0 Å². The van der Waals surface area contributed by atoms with E-state index in [1.54, 1.807) is 12.1 Å². The maximum Gasteiger partial charge on any atom is 0.0991 e. The van der Waals surface area contributed by atoms with E-state index in [0.29, 0.717) is 5.56 Å². The average Bonchev–Trinajstić information content (AvgIpc) is 2.28. The van der Waals surface area contributed by atoms with Crippen LogP contribution in [-0.2, 0) is 5.41 Å². The number of hydrogen-bond donors (Lipinski definition) is 0. The second-order valence-corrected chi connectivity index (χ2v) is 3.49. The summed E-state index contributed by atoms with van der Waals surface area (Å²) >= 11 is 0. The van der Waals surface area contributed by atoms with Gasteiger partial charge in [-0.25, -0.2) is 0 Å². The summed E-state index contributed by atoms with van der Waals surface area (Å²) in [5.41, 5.74) is 1.17. The molecule has 0 saturated carbocycles. The zero-order chi connectivity index (χ0) is 10.6. The molecule has 1 aromatic carbocycles. The molecule has 0 aliphatic carbocycles. The molecule has 0 heterocycles. The van der Waals surface area contributed by atoms with Gasteiger partial charge < -0.3 is 0 Å². The first-order chi connectivity index (χ1) is 6.66. The fourth-order valence-electron chi connectivity index (χ4n) is 1.26. The van der Waals surface area contributed by atoms with Gasteiger partial charge in [0, 0.05) is 0 Å². The first-order valence-corrected chi connectivity index (χ1v) is 4.58. The lowest BCUT2D eigenvalue weighted by atomic mass is 9.81. The van der Waals surface area contributed by atoms with E-state index >= 15 is 0 Å². The van der Waals surface area contributed by atoms with Gasteiger partial charge in [0.1, 0.15) is 0 Å². The van der Waals surface area contributed by atoms with E-state index < -0.39 is 5.41 Å². The smallest absolute Gasteiger partial charge is 0.0991 e. The Morgan fingerprint density at radius 2 is 1.79 bits per heavy atom. The van der Waals surface area contributed by atoms with Crippen LogP contribution in [0.5, 0.6) is 0 Å². The van der Waals surface area contributed by atoms with Crippen molar-refractivity contribution in [3.8, 4) is 12.1 Å². The summed E-state index contributed by atoms with van der Waals surface area (Å²) in [6.45, 7) is 3.90. The Labute approximate surface area is 84.4 Å². The van der Waals surface area contributed by atoms with Crippen LogP contribution in [-0.4, -0.2) is 0 Å². The van der Waals surface area contributed by atoms with Crippen molar-refractivity contribution in [1.29, 1.82) is 10.5 Å². The molecule has 0 radical (unpaired) electrons. The first kappa shape index (κ1) is 10.3. The van der Waals surface area contributed by atoms with Crippen LogP contribution in [0.3, 0.4) is 0 Å². The molecule has 2 heteroatoms. The van der Waals surface area contributed by atoms with Gasteiger partial charge in [0.25, 0.3) is 0 Å². The SMILES string of the molecule is CCC(C)(C#N)c1ccc(C#N)cc1. The van der Waals surface area contributed by atoms with Gasteiger partial charge in [-0.1, -0.05) is 19.1 Å². The topological polar surface area (TPSA) is 47.6 Å². The monoisotopic (exact) mass is 184 g/mol. The summed E-state index contributed by atoms with van der Waals surface area (Å²) in [6.07, 6.45) is 0.773. The predicted octanol–water partition coefficient (Wildman–Crippen LogP) is 2.75. The molecule has 70 valence electrons. The number of benzene rings is 1. The van der Waals surface area contributed by atoms with Crippen molar-refractivity contribution in [2.45, 2.75) is 25.7 Å². The highest BCUT2D eigenvalue weighted by atomic mass is 14.3. The van der Waals surface area contributed by atoms with Crippen molar-refractivity contribution >= 4 is 0 Å². The van der Waals surface area contributed by atoms with E-state index in [4.69, 9.17) is 10.5 Å². The van der Waals surface area contributed by atoms with Crippen LogP contribution >= 0.6 is 0 Å². The summed E-state index contributed by atoms with van der Waals surface area (Å²) in [6, 6.07) is 11.6. The Kier molecular flexibility index (Phi) is 2.89. The molecule has 0 fully saturated rings. The summed E-state index contributed by atoms with van der Waals surface area (Å²) in [5.74, 6) is 0. The third-order valence-electron chi connectivity index (χ3n) is 2.61. The van der Waals surface area contributed by atoms with Gasteiger partial charge in [-0.05, 0) is 31.0 Å². The van der Waals surface area contributed by atoms with Crippen molar-refractivity contribution in [3.63, 3.8) is 0 Å². The third-order valence-corrected chi connectivity index (χ3v) is 2.61. The lowest BCUT2D eigenvalue weighted by molar-refractivity contribution is 0.587. The van der Waals surface area contributed by atoms with Crippen LogP contribution < -0.4 is 0 Å². The van der Waals surface area contributed by atoms with Crippen molar-refractivity contribution in [1.82, 2.24) is 0 Å². The van der Waals surface area contributed by atoms with Crippen LogP contribution in [0.25, 0.3) is 0 Å². The minimum Gasteiger partial charge on any atom is -0.197 e. The molecule has 0 aliphatic heterocycles. The standard InChI is InChI=1S/C12H12N2/c1-3-12(2,9-14)11-6-4-10(8-13)5-7-11/h4-7H,3H2,1-2H3. The van der Waals surface area contributed by atoms with Crippen molar-refractivity contribution < 1.29 is 0 Å². The van der Waals surface area contributed by atoms with Crippen LogP contribution in [0.15, 0.2) is 24.3 Å². The number of nitriles is 2. The van der Waals surface area contributed by atoms with Crippen LogP contribution in [0, 0.1) is 22.7 Å². The van der Waals surface area contributed by atoms with Gasteiger partial charge in [-0.2, -0.15) is 10.5 Å². The summed E-state index contributed by atoms with van der Waals surface area (Å²) in [4.78, 5) is 0. The Morgan fingerprint density at radius 1 is 1.21 bits per heavy atom. The van der Waals surface area contributed by atoms with Gasteiger partial charge in [0.2, 0.25) is 0 Å². The van der Waals surface area contributed by atoms with Gasteiger partial charge in [-0.15, -0.1) is 0 Å². The molecule has 0 amide bonds. The summed E-state index contributed by atoms with van der Waals surface area (Å²) in [7, 11) is 0. The highest BCUT2D eigenvalue weighted by molar-refractivity contribution is 5.37. The largest absolute Gasteiger partial charge is 0.197 e. The average molecular weight is 184 g/mol. The van der Waals surface area contributed by atoms with E-state index in [0.717, 1.165) is 12.0 Å². The van der Waals surface area contributed by atoms with Crippen molar-refractivity contribution in [2.24, 2.45) is 0 Å². The number of nitrogens with zero attached hydrogens (tertiary/aromatic N) is 2. The van der Waals surface area contributed by atoms with Crippen molar-refractivity contribution in [2.75, 3.05) is 0 Å². The number of rotatable bonds is 2. The summed E-state index contributed by atoms with van der Waals surface area (Å²) in [5, 5.41) is 17.7. The Morgan fingerprint density at radius 3 is 2.14 bits per heavy atom. The van der Waals surface area contributed by atoms with E-state index in [9.17, 15) is 0 Å². The molecule has 0 aromatic heterocycles. The van der Waals surface area contributed by atoms with Crippen LogP contribution in [0.4, 0.5) is 0 Å². The summed E-state index contributed by atoms with van der Waals surface area (Å²) < 4.78 is 0. The molecule has 2 nitrogen and oxygen atoms in total. The Bertz CT molecular complexity index is 392. The van der Waals surface area contributed by atoms with E-state index in [1.165, 1.54) is 0 Å². The molecule has 1 rings (SSSR count). The third kappa shape index (κ3) is 1.75. The maximum absolute atomic E-state index is 9.05.